The van der Waals surface area contributed by atoms with Gasteiger partial charge in [-0.2, -0.15) is 0 Å². The van der Waals surface area contributed by atoms with Crippen molar-refractivity contribution in [3.8, 4) is 0 Å². The van der Waals surface area contributed by atoms with Crippen LogP contribution >= 0.6 is 11.8 Å². The average molecular weight is 293 g/mol. The van der Waals surface area contributed by atoms with Gasteiger partial charge in [0.2, 0.25) is 0 Å². The number of aliphatic hydroxyl groups is 2. The van der Waals surface area contributed by atoms with Gasteiger partial charge in [-0.25, -0.2) is 4.39 Å². The number of anilines is 1. The third kappa shape index (κ3) is 4.52. The summed E-state index contributed by atoms with van der Waals surface area (Å²) in [6, 6.07) is 14.0. The zero-order valence-electron chi connectivity index (χ0n) is 10.8. The molecule has 0 radical (unpaired) electrons. The van der Waals surface area contributed by atoms with E-state index in [9.17, 15) is 9.50 Å². The lowest BCUT2D eigenvalue weighted by Crippen LogP contribution is -2.22. The summed E-state index contributed by atoms with van der Waals surface area (Å²) in [7, 11) is 0. The second-order valence-electron chi connectivity index (χ2n) is 4.30. The van der Waals surface area contributed by atoms with Crippen LogP contribution in [0.5, 0.6) is 0 Å². The molecule has 0 heterocycles. The highest BCUT2D eigenvalue weighted by atomic mass is 32.2. The van der Waals surface area contributed by atoms with E-state index in [4.69, 9.17) is 5.11 Å². The van der Waals surface area contributed by atoms with Gasteiger partial charge in [-0.1, -0.05) is 11.8 Å². The number of nitrogens with one attached hydrogen (secondary N) is 1. The smallest absolute Gasteiger partial charge is 0.123 e. The van der Waals surface area contributed by atoms with Gasteiger partial charge in [-0.3, -0.25) is 0 Å². The second kappa shape index (κ2) is 7.28. The van der Waals surface area contributed by atoms with Crippen molar-refractivity contribution >= 4 is 17.4 Å². The average Bonchev–Trinajstić information content (AvgIpc) is 2.48. The summed E-state index contributed by atoms with van der Waals surface area (Å²) >= 11 is 1.55. The van der Waals surface area contributed by atoms with E-state index in [1.165, 1.54) is 12.1 Å². The van der Waals surface area contributed by atoms with E-state index in [1.807, 2.05) is 24.3 Å². The monoisotopic (exact) mass is 293 g/mol. The van der Waals surface area contributed by atoms with Gasteiger partial charge in [0.25, 0.3) is 0 Å². The molecule has 0 bridgehead atoms. The fourth-order valence-corrected chi connectivity index (χ4v) is 2.40. The molecule has 2 aromatic rings. The van der Waals surface area contributed by atoms with Crippen molar-refractivity contribution in [2.75, 3.05) is 18.5 Å². The first-order chi connectivity index (χ1) is 9.67. The van der Waals surface area contributed by atoms with Gasteiger partial charge in [0.15, 0.2) is 0 Å². The highest BCUT2D eigenvalue weighted by Crippen LogP contribution is 2.28. The Morgan fingerprint density at radius 3 is 2.10 bits per heavy atom. The summed E-state index contributed by atoms with van der Waals surface area (Å²) in [5, 5.41) is 21.0. The highest BCUT2D eigenvalue weighted by Gasteiger charge is 2.02. The van der Waals surface area contributed by atoms with Crippen molar-refractivity contribution < 1.29 is 14.6 Å². The van der Waals surface area contributed by atoms with E-state index in [-0.39, 0.29) is 12.4 Å². The molecule has 0 aliphatic heterocycles. The van der Waals surface area contributed by atoms with Crippen LogP contribution in [0.3, 0.4) is 0 Å². The molecule has 0 fully saturated rings. The van der Waals surface area contributed by atoms with Crippen molar-refractivity contribution in [2.24, 2.45) is 0 Å². The summed E-state index contributed by atoms with van der Waals surface area (Å²) in [6.45, 7) is 0.0481. The van der Waals surface area contributed by atoms with Crippen LogP contribution < -0.4 is 5.32 Å². The third-order valence-electron chi connectivity index (χ3n) is 2.66. The fraction of sp³-hybridized carbons (Fsp3) is 0.200. The Balaban J connectivity index is 1.92. The molecule has 2 aromatic carbocycles. The number of aliphatic hydroxyl groups excluding tert-OH is 2. The van der Waals surface area contributed by atoms with E-state index in [2.05, 4.69) is 5.32 Å². The lowest BCUT2D eigenvalue weighted by atomic mass is 10.3. The molecule has 1 atom stereocenters. The number of rotatable bonds is 6. The van der Waals surface area contributed by atoms with Crippen LogP contribution in [-0.2, 0) is 0 Å². The summed E-state index contributed by atoms with van der Waals surface area (Å²) in [5.74, 6) is -0.240. The first kappa shape index (κ1) is 14.8. The molecule has 0 aromatic heterocycles. The standard InChI is InChI=1S/C15H16FNO2S/c16-11-1-5-14(6-2-11)20-15-7-3-12(4-8-15)17-9-13(19)10-18/h1-8,13,17-19H,9-10H2. The van der Waals surface area contributed by atoms with Gasteiger partial charge in [-0.05, 0) is 48.5 Å². The number of hydrogen-bond donors (Lipinski definition) is 3. The Bertz CT molecular complexity index is 531. The molecule has 0 aliphatic rings. The Kier molecular flexibility index (Phi) is 5.40. The van der Waals surface area contributed by atoms with Crippen LogP contribution in [0.25, 0.3) is 0 Å². The van der Waals surface area contributed by atoms with E-state index in [0.29, 0.717) is 6.54 Å². The molecule has 2 rings (SSSR count). The Morgan fingerprint density at radius 1 is 1.00 bits per heavy atom. The van der Waals surface area contributed by atoms with Crippen molar-refractivity contribution in [3.63, 3.8) is 0 Å². The zero-order chi connectivity index (χ0) is 14.4. The number of hydrogen-bond acceptors (Lipinski definition) is 4. The van der Waals surface area contributed by atoms with Gasteiger partial charge in [0.1, 0.15) is 5.82 Å². The molecule has 0 amide bonds. The van der Waals surface area contributed by atoms with Crippen LogP contribution in [0.1, 0.15) is 0 Å². The summed E-state index contributed by atoms with van der Waals surface area (Å²) in [4.78, 5) is 2.02. The van der Waals surface area contributed by atoms with Gasteiger partial charge in [0, 0.05) is 22.0 Å². The van der Waals surface area contributed by atoms with Crippen LogP contribution in [0.15, 0.2) is 58.3 Å². The van der Waals surface area contributed by atoms with Crippen molar-refractivity contribution in [2.45, 2.75) is 15.9 Å². The molecule has 3 nitrogen and oxygen atoms in total. The minimum Gasteiger partial charge on any atom is -0.394 e. The molecule has 0 spiro atoms. The van der Waals surface area contributed by atoms with Crippen molar-refractivity contribution in [3.05, 3.63) is 54.3 Å². The topological polar surface area (TPSA) is 52.5 Å². The molecule has 20 heavy (non-hydrogen) atoms. The summed E-state index contributed by atoms with van der Waals surface area (Å²) < 4.78 is 12.8. The Morgan fingerprint density at radius 2 is 1.55 bits per heavy atom. The van der Waals surface area contributed by atoms with E-state index < -0.39 is 6.10 Å². The Labute approximate surface area is 121 Å². The largest absolute Gasteiger partial charge is 0.394 e. The van der Waals surface area contributed by atoms with E-state index in [0.717, 1.165) is 15.5 Å². The molecular weight excluding hydrogens is 277 g/mol. The maximum Gasteiger partial charge on any atom is 0.123 e. The predicted molar refractivity (Wildman–Crippen MR) is 78.5 cm³/mol. The highest BCUT2D eigenvalue weighted by molar-refractivity contribution is 7.99. The van der Waals surface area contributed by atoms with Gasteiger partial charge in [-0.15, -0.1) is 0 Å². The summed E-state index contributed by atoms with van der Waals surface area (Å²) in [5.41, 5.74) is 0.876. The van der Waals surface area contributed by atoms with Gasteiger partial charge in [0.05, 0.1) is 12.7 Å². The molecule has 0 aliphatic carbocycles. The maximum absolute atomic E-state index is 12.8. The predicted octanol–water partition coefficient (Wildman–Crippen LogP) is 2.74. The molecule has 1 unspecified atom stereocenters. The normalized spacial score (nSPS) is 12.2. The minimum atomic E-state index is -0.761. The molecule has 0 saturated carbocycles. The molecule has 5 heteroatoms. The zero-order valence-corrected chi connectivity index (χ0v) is 11.6. The Hall–Kier alpha value is -1.56. The number of benzene rings is 2. The third-order valence-corrected chi connectivity index (χ3v) is 3.67. The fourth-order valence-electron chi connectivity index (χ4n) is 1.58. The first-order valence-electron chi connectivity index (χ1n) is 6.23. The van der Waals surface area contributed by atoms with Crippen LogP contribution in [0, 0.1) is 5.82 Å². The molecule has 0 saturated heterocycles. The lowest BCUT2D eigenvalue weighted by molar-refractivity contribution is 0.105. The van der Waals surface area contributed by atoms with E-state index in [1.54, 1.807) is 23.9 Å². The molecule has 106 valence electrons. The van der Waals surface area contributed by atoms with Gasteiger partial charge >= 0.3 is 0 Å². The molecule has 3 N–H and O–H groups in total. The van der Waals surface area contributed by atoms with Crippen molar-refractivity contribution in [1.82, 2.24) is 0 Å². The SMILES string of the molecule is OCC(O)CNc1ccc(Sc2ccc(F)cc2)cc1. The van der Waals surface area contributed by atoms with Gasteiger partial charge < -0.3 is 15.5 Å². The quantitative estimate of drug-likeness (QED) is 0.766. The second-order valence-corrected chi connectivity index (χ2v) is 5.44. The van der Waals surface area contributed by atoms with Crippen molar-refractivity contribution in [1.29, 1.82) is 0 Å². The lowest BCUT2D eigenvalue weighted by Gasteiger charge is -2.10. The molecular formula is C15H16FNO2S. The van der Waals surface area contributed by atoms with Crippen LogP contribution in [0.2, 0.25) is 0 Å². The first-order valence-corrected chi connectivity index (χ1v) is 7.05. The summed E-state index contributed by atoms with van der Waals surface area (Å²) in [6.07, 6.45) is -0.761. The van der Waals surface area contributed by atoms with E-state index >= 15 is 0 Å². The van der Waals surface area contributed by atoms with Crippen LogP contribution in [0.4, 0.5) is 10.1 Å². The minimum absolute atomic E-state index is 0.240. The van der Waals surface area contributed by atoms with Crippen LogP contribution in [-0.4, -0.2) is 29.5 Å². The maximum atomic E-state index is 12.8. The number of halogens is 1.